The summed E-state index contributed by atoms with van der Waals surface area (Å²) in [6.07, 6.45) is 0.835. The minimum atomic E-state index is -0.812. The number of ketones is 1. The number of carbonyl (C=O) groups is 2. The van der Waals surface area contributed by atoms with Crippen LogP contribution < -0.4 is 4.74 Å². The van der Waals surface area contributed by atoms with Crippen LogP contribution in [0.5, 0.6) is 11.5 Å². The van der Waals surface area contributed by atoms with Crippen molar-refractivity contribution in [2.45, 2.75) is 19.4 Å². The number of aliphatic hydroxyl groups is 1. The van der Waals surface area contributed by atoms with E-state index >= 15 is 0 Å². The third-order valence-electron chi connectivity index (χ3n) is 6.07. The van der Waals surface area contributed by atoms with Crippen LogP contribution in [0, 0.1) is 0 Å². The molecule has 180 valence electrons. The quantitative estimate of drug-likeness (QED) is 0.351. The highest BCUT2D eigenvalue weighted by molar-refractivity contribution is 6.46. The lowest BCUT2D eigenvalue weighted by Crippen LogP contribution is -2.42. The van der Waals surface area contributed by atoms with Crippen molar-refractivity contribution in [1.29, 1.82) is 0 Å². The van der Waals surface area contributed by atoms with E-state index in [4.69, 9.17) is 9.47 Å². The van der Waals surface area contributed by atoms with Gasteiger partial charge < -0.3 is 24.6 Å². The molecule has 0 aliphatic carbocycles. The molecule has 2 aliphatic rings. The lowest BCUT2D eigenvalue weighted by Gasteiger charge is -2.31. The number of Topliss-reactive ketones (excluding diaryl/α,β-unsaturated/α-hetero) is 1. The average Bonchev–Trinajstić information content (AvgIpc) is 3.11. The Kier molecular flexibility index (Phi) is 7.49. The second-order valence-corrected chi connectivity index (χ2v) is 8.42. The van der Waals surface area contributed by atoms with Crippen molar-refractivity contribution < 1.29 is 29.3 Å². The van der Waals surface area contributed by atoms with E-state index in [-0.39, 0.29) is 17.1 Å². The summed E-state index contributed by atoms with van der Waals surface area (Å²) in [5.74, 6) is -1.08. The van der Waals surface area contributed by atoms with Gasteiger partial charge in [-0.15, -0.1) is 0 Å². The molecule has 1 amide bonds. The number of morpholine rings is 1. The summed E-state index contributed by atoms with van der Waals surface area (Å²) in [4.78, 5) is 29.9. The van der Waals surface area contributed by atoms with E-state index in [1.807, 2.05) is 6.92 Å². The largest absolute Gasteiger partial charge is 0.508 e. The van der Waals surface area contributed by atoms with Gasteiger partial charge in [0.25, 0.3) is 11.7 Å². The van der Waals surface area contributed by atoms with Gasteiger partial charge in [0.2, 0.25) is 0 Å². The third-order valence-corrected chi connectivity index (χ3v) is 6.07. The second-order valence-electron chi connectivity index (χ2n) is 8.42. The molecule has 34 heavy (non-hydrogen) atoms. The first-order chi connectivity index (χ1) is 16.5. The molecule has 0 bridgehead atoms. The van der Waals surface area contributed by atoms with Crippen LogP contribution in [0.2, 0.25) is 0 Å². The van der Waals surface area contributed by atoms with Crippen molar-refractivity contribution in [3.8, 4) is 11.5 Å². The van der Waals surface area contributed by atoms with E-state index in [9.17, 15) is 19.8 Å². The highest BCUT2D eigenvalue weighted by Crippen LogP contribution is 2.40. The van der Waals surface area contributed by atoms with E-state index in [1.165, 1.54) is 17.0 Å². The molecule has 2 aliphatic heterocycles. The number of phenols is 1. The fourth-order valence-electron chi connectivity index (χ4n) is 4.33. The van der Waals surface area contributed by atoms with Crippen molar-refractivity contribution in [2.24, 2.45) is 0 Å². The predicted octanol–water partition coefficient (Wildman–Crippen LogP) is 2.93. The Hall–Kier alpha value is -3.36. The number of hydrogen-bond donors (Lipinski definition) is 2. The van der Waals surface area contributed by atoms with Crippen molar-refractivity contribution in [3.63, 3.8) is 0 Å². The van der Waals surface area contributed by atoms with Gasteiger partial charge in [0.15, 0.2) is 0 Å². The smallest absolute Gasteiger partial charge is 0.295 e. The Labute approximate surface area is 199 Å². The van der Waals surface area contributed by atoms with E-state index in [0.29, 0.717) is 49.8 Å². The molecule has 2 N–H and O–H groups in total. The van der Waals surface area contributed by atoms with Gasteiger partial charge in [-0.3, -0.25) is 14.5 Å². The highest BCUT2D eigenvalue weighted by Gasteiger charge is 2.46. The molecule has 2 saturated heterocycles. The number of phenolic OH excluding ortho intramolecular Hbond substituents is 1. The van der Waals surface area contributed by atoms with E-state index in [1.54, 1.807) is 36.4 Å². The van der Waals surface area contributed by atoms with Crippen LogP contribution in [-0.4, -0.2) is 77.7 Å². The molecule has 0 radical (unpaired) electrons. The van der Waals surface area contributed by atoms with Crippen molar-refractivity contribution in [2.75, 3.05) is 46.0 Å². The Morgan fingerprint density at radius 2 is 1.85 bits per heavy atom. The molecule has 0 saturated carbocycles. The topological polar surface area (TPSA) is 99.5 Å². The van der Waals surface area contributed by atoms with Gasteiger partial charge in [-0.1, -0.05) is 31.2 Å². The number of aromatic hydroxyl groups is 1. The van der Waals surface area contributed by atoms with Crippen LogP contribution in [0.15, 0.2) is 54.1 Å². The van der Waals surface area contributed by atoms with Crippen LogP contribution in [-0.2, 0) is 14.3 Å². The molecule has 1 unspecified atom stereocenters. The van der Waals surface area contributed by atoms with Gasteiger partial charge in [0.1, 0.15) is 17.3 Å². The number of carbonyl (C=O) groups excluding carboxylic acids is 2. The van der Waals surface area contributed by atoms with Gasteiger partial charge in [-0.2, -0.15) is 0 Å². The molecule has 8 heteroatoms. The molecule has 2 aromatic carbocycles. The zero-order chi connectivity index (χ0) is 24.1. The van der Waals surface area contributed by atoms with Crippen LogP contribution in [0.4, 0.5) is 0 Å². The van der Waals surface area contributed by atoms with Gasteiger partial charge in [0, 0.05) is 31.7 Å². The Morgan fingerprint density at radius 3 is 2.59 bits per heavy atom. The minimum absolute atomic E-state index is 0.00483. The van der Waals surface area contributed by atoms with Crippen LogP contribution in [0.1, 0.15) is 30.5 Å². The SMILES string of the molecule is CCCOc1cccc(/C(O)=C2\C(=O)C(=O)N(CCN3CCOCC3)C2c2cccc(O)c2)c1. The summed E-state index contributed by atoms with van der Waals surface area (Å²) < 4.78 is 11.1. The van der Waals surface area contributed by atoms with Crippen LogP contribution in [0.25, 0.3) is 5.76 Å². The van der Waals surface area contributed by atoms with E-state index in [0.717, 1.165) is 19.5 Å². The summed E-state index contributed by atoms with van der Waals surface area (Å²) in [7, 11) is 0. The maximum Gasteiger partial charge on any atom is 0.295 e. The zero-order valence-electron chi connectivity index (χ0n) is 19.3. The molecule has 2 heterocycles. The fourth-order valence-corrected chi connectivity index (χ4v) is 4.33. The number of nitrogens with zero attached hydrogens (tertiary/aromatic N) is 2. The maximum atomic E-state index is 13.2. The number of benzene rings is 2. The lowest BCUT2D eigenvalue weighted by molar-refractivity contribution is -0.140. The number of amides is 1. The summed E-state index contributed by atoms with van der Waals surface area (Å²) in [6.45, 7) is 6.18. The molecule has 4 rings (SSSR count). The Bertz CT molecular complexity index is 1080. The molecule has 0 aromatic heterocycles. The summed E-state index contributed by atoms with van der Waals surface area (Å²) >= 11 is 0. The summed E-state index contributed by atoms with van der Waals surface area (Å²) in [5, 5.41) is 21.3. The third kappa shape index (κ3) is 5.08. The minimum Gasteiger partial charge on any atom is -0.508 e. The molecular weight excluding hydrogens is 436 g/mol. The highest BCUT2D eigenvalue weighted by atomic mass is 16.5. The first-order valence-electron chi connectivity index (χ1n) is 11.6. The fraction of sp³-hybridized carbons (Fsp3) is 0.385. The van der Waals surface area contributed by atoms with Crippen molar-refractivity contribution in [3.05, 3.63) is 65.2 Å². The van der Waals surface area contributed by atoms with Crippen LogP contribution >= 0.6 is 0 Å². The molecular formula is C26H30N2O6. The second kappa shape index (κ2) is 10.7. The Balaban J connectivity index is 1.72. The first-order valence-corrected chi connectivity index (χ1v) is 11.6. The van der Waals surface area contributed by atoms with Gasteiger partial charge in [0.05, 0.1) is 31.4 Å². The number of ether oxygens (including phenoxy) is 2. The van der Waals surface area contributed by atoms with Gasteiger partial charge in [-0.05, 0) is 36.2 Å². The van der Waals surface area contributed by atoms with Gasteiger partial charge in [-0.25, -0.2) is 0 Å². The summed E-state index contributed by atoms with van der Waals surface area (Å²) in [5.41, 5.74) is 0.955. The van der Waals surface area contributed by atoms with Crippen molar-refractivity contribution >= 4 is 17.4 Å². The van der Waals surface area contributed by atoms with E-state index in [2.05, 4.69) is 4.90 Å². The lowest BCUT2D eigenvalue weighted by atomic mass is 9.95. The maximum absolute atomic E-state index is 13.2. The molecule has 2 fully saturated rings. The average molecular weight is 467 g/mol. The molecule has 8 nitrogen and oxygen atoms in total. The predicted molar refractivity (Wildman–Crippen MR) is 127 cm³/mol. The number of rotatable bonds is 8. The Morgan fingerprint density at radius 1 is 1.09 bits per heavy atom. The molecule has 0 spiro atoms. The summed E-state index contributed by atoms with van der Waals surface area (Å²) in [6, 6.07) is 12.5. The van der Waals surface area contributed by atoms with Gasteiger partial charge >= 0.3 is 0 Å². The first kappa shape index (κ1) is 23.8. The van der Waals surface area contributed by atoms with E-state index < -0.39 is 17.7 Å². The number of likely N-dealkylation sites (tertiary alicyclic amines) is 1. The van der Waals surface area contributed by atoms with Crippen LogP contribution in [0.3, 0.4) is 0 Å². The standard InChI is InChI=1S/C26H30N2O6/c1-2-13-34-21-8-4-6-19(17-21)24(30)22-23(18-5-3-7-20(29)16-18)28(26(32)25(22)31)10-9-27-11-14-33-15-12-27/h3-8,16-17,23,29-30H,2,9-15H2,1H3/b24-22+. The van der Waals surface area contributed by atoms with Crippen molar-refractivity contribution in [1.82, 2.24) is 9.80 Å². The number of aliphatic hydroxyl groups excluding tert-OH is 1. The monoisotopic (exact) mass is 466 g/mol. The number of hydrogen-bond acceptors (Lipinski definition) is 7. The molecule has 1 atom stereocenters. The normalized spacial score (nSPS) is 20.6. The zero-order valence-corrected chi connectivity index (χ0v) is 19.3. The molecule has 2 aromatic rings.